The van der Waals surface area contributed by atoms with E-state index >= 15 is 0 Å². The van der Waals surface area contributed by atoms with Crippen LogP contribution >= 0.6 is 11.8 Å². The summed E-state index contributed by atoms with van der Waals surface area (Å²) in [6.07, 6.45) is 0. The molecule has 1 aliphatic rings. The van der Waals surface area contributed by atoms with Gasteiger partial charge in [-0.2, -0.15) is 5.26 Å². The van der Waals surface area contributed by atoms with E-state index in [4.69, 9.17) is 10.00 Å². The van der Waals surface area contributed by atoms with Crippen molar-refractivity contribution in [3.8, 4) is 6.07 Å². The standard InChI is InChI=1S/C10H8N2O3S/c11-4-7-3-8(12(13)14)1-2-10(7)16-9-5-15-6-9/h1-3,9H,5-6H2. The van der Waals surface area contributed by atoms with Crippen molar-refractivity contribution in [3.63, 3.8) is 0 Å². The fraction of sp³-hybridized carbons (Fsp3) is 0.300. The van der Waals surface area contributed by atoms with Crippen molar-refractivity contribution in [2.75, 3.05) is 13.2 Å². The number of nitro groups is 1. The van der Waals surface area contributed by atoms with Gasteiger partial charge in [-0.1, -0.05) is 0 Å². The molecule has 0 atom stereocenters. The highest BCUT2D eigenvalue weighted by Crippen LogP contribution is 2.32. The van der Waals surface area contributed by atoms with Crippen LogP contribution in [0.15, 0.2) is 23.1 Å². The van der Waals surface area contributed by atoms with E-state index in [0.29, 0.717) is 24.0 Å². The smallest absolute Gasteiger partial charge is 0.270 e. The molecule has 82 valence electrons. The van der Waals surface area contributed by atoms with Gasteiger partial charge < -0.3 is 4.74 Å². The largest absolute Gasteiger partial charge is 0.379 e. The van der Waals surface area contributed by atoms with Crippen LogP contribution in [0, 0.1) is 21.4 Å². The van der Waals surface area contributed by atoms with Gasteiger partial charge in [-0.25, -0.2) is 0 Å². The Kier molecular flexibility index (Phi) is 3.08. The summed E-state index contributed by atoms with van der Waals surface area (Å²) >= 11 is 1.53. The van der Waals surface area contributed by atoms with E-state index in [2.05, 4.69) is 0 Å². The zero-order valence-electron chi connectivity index (χ0n) is 8.25. The lowest BCUT2D eigenvalue weighted by atomic mass is 10.2. The minimum absolute atomic E-state index is 0.0502. The average Bonchev–Trinajstić information content (AvgIpc) is 2.23. The summed E-state index contributed by atoms with van der Waals surface area (Å²) in [5.41, 5.74) is 0.303. The molecule has 16 heavy (non-hydrogen) atoms. The molecule has 0 bridgehead atoms. The van der Waals surface area contributed by atoms with Crippen molar-refractivity contribution >= 4 is 17.4 Å². The van der Waals surface area contributed by atoms with Crippen LogP contribution in [0.5, 0.6) is 0 Å². The average molecular weight is 236 g/mol. The van der Waals surface area contributed by atoms with E-state index in [-0.39, 0.29) is 5.69 Å². The Morgan fingerprint density at radius 3 is 2.81 bits per heavy atom. The van der Waals surface area contributed by atoms with Gasteiger partial charge in [0.05, 0.1) is 29.0 Å². The molecule has 0 aromatic heterocycles. The fourth-order valence-corrected chi connectivity index (χ4v) is 2.35. The number of non-ortho nitro benzene ring substituents is 1. The third-order valence-corrected chi connectivity index (χ3v) is 3.41. The molecular weight excluding hydrogens is 228 g/mol. The highest BCUT2D eigenvalue weighted by molar-refractivity contribution is 8.00. The molecule has 1 aromatic rings. The zero-order valence-corrected chi connectivity index (χ0v) is 9.07. The summed E-state index contributed by atoms with van der Waals surface area (Å²) in [5, 5.41) is 19.8. The van der Waals surface area contributed by atoms with Crippen molar-refractivity contribution < 1.29 is 9.66 Å². The molecule has 1 aliphatic heterocycles. The lowest BCUT2D eigenvalue weighted by Crippen LogP contribution is -2.30. The molecule has 1 saturated heterocycles. The predicted molar refractivity (Wildman–Crippen MR) is 58.3 cm³/mol. The number of nitro benzene ring substituents is 1. The number of hydrogen-bond acceptors (Lipinski definition) is 5. The second-order valence-electron chi connectivity index (χ2n) is 3.33. The van der Waals surface area contributed by atoms with Crippen LogP contribution < -0.4 is 0 Å². The van der Waals surface area contributed by atoms with Crippen molar-refractivity contribution in [1.82, 2.24) is 0 Å². The molecule has 2 rings (SSSR count). The third kappa shape index (κ3) is 2.15. The highest BCUT2D eigenvalue weighted by Gasteiger charge is 2.21. The summed E-state index contributed by atoms with van der Waals surface area (Å²) in [5.74, 6) is 0. The first kappa shape index (κ1) is 10.9. The van der Waals surface area contributed by atoms with E-state index < -0.39 is 4.92 Å². The van der Waals surface area contributed by atoms with Crippen LogP contribution in [0.4, 0.5) is 5.69 Å². The molecule has 6 heteroatoms. The van der Waals surface area contributed by atoms with Gasteiger partial charge in [0.25, 0.3) is 5.69 Å². The topological polar surface area (TPSA) is 76.2 Å². The third-order valence-electron chi connectivity index (χ3n) is 2.20. The maximum Gasteiger partial charge on any atom is 0.270 e. The number of hydrogen-bond donors (Lipinski definition) is 0. The summed E-state index contributed by atoms with van der Waals surface area (Å²) in [4.78, 5) is 10.8. The summed E-state index contributed by atoms with van der Waals surface area (Å²) in [6.45, 7) is 1.35. The Bertz CT molecular complexity index is 466. The first-order valence-electron chi connectivity index (χ1n) is 4.63. The van der Waals surface area contributed by atoms with Gasteiger partial charge in [0.15, 0.2) is 0 Å². The molecule has 0 unspecified atom stereocenters. The van der Waals surface area contributed by atoms with E-state index in [1.165, 1.54) is 23.9 Å². The van der Waals surface area contributed by atoms with Gasteiger partial charge >= 0.3 is 0 Å². The van der Waals surface area contributed by atoms with Crippen LogP contribution in [-0.2, 0) is 4.74 Å². The van der Waals surface area contributed by atoms with E-state index in [1.54, 1.807) is 6.07 Å². The molecule has 0 radical (unpaired) electrons. The summed E-state index contributed by atoms with van der Waals surface area (Å²) in [6, 6.07) is 6.33. The van der Waals surface area contributed by atoms with Gasteiger partial charge in [0, 0.05) is 17.0 Å². The molecule has 0 spiro atoms. The fourth-order valence-electron chi connectivity index (χ4n) is 1.28. The van der Waals surface area contributed by atoms with Crippen LogP contribution in [0.2, 0.25) is 0 Å². The van der Waals surface area contributed by atoms with Crippen molar-refractivity contribution in [2.45, 2.75) is 10.1 Å². The minimum Gasteiger partial charge on any atom is -0.379 e. The predicted octanol–water partition coefficient (Wildman–Crippen LogP) is 1.96. The highest BCUT2D eigenvalue weighted by atomic mass is 32.2. The lowest BCUT2D eigenvalue weighted by Gasteiger charge is -2.25. The molecule has 0 N–H and O–H groups in total. The van der Waals surface area contributed by atoms with Crippen LogP contribution in [0.3, 0.4) is 0 Å². The Morgan fingerprint density at radius 1 is 1.56 bits per heavy atom. The number of rotatable bonds is 3. The molecule has 0 amide bonds. The van der Waals surface area contributed by atoms with E-state index in [9.17, 15) is 10.1 Å². The molecule has 5 nitrogen and oxygen atoms in total. The van der Waals surface area contributed by atoms with E-state index in [0.717, 1.165) is 4.90 Å². The molecule has 1 fully saturated rings. The number of thioether (sulfide) groups is 1. The second-order valence-corrected chi connectivity index (χ2v) is 4.67. The SMILES string of the molecule is N#Cc1cc([N+](=O)[O-])ccc1SC1COC1. The Labute approximate surface area is 96.2 Å². The number of benzene rings is 1. The van der Waals surface area contributed by atoms with Crippen LogP contribution in [0.25, 0.3) is 0 Å². The Balaban J connectivity index is 2.24. The number of nitrogens with zero attached hydrogens (tertiary/aromatic N) is 2. The van der Waals surface area contributed by atoms with E-state index in [1.807, 2.05) is 6.07 Å². The maximum atomic E-state index is 10.5. The summed E-state index contributed by atoms with van der Waals surface area (Å²) in [7, 11) is 0. The second kappa shape index (κ2) is 4.51. The number of nitriles is 1. The minimum atomic E-state index is -0.498. The van der Waals surface area contributed by atoms with Gasteiger partial charge in [0.2, 0.25) is 0 Å². The molecule has 0 saturated carbocycles. The van der Waals surface area contributed by atoms with Crippen molar-refractivity contribution in [3.05, 3.63) is 33.9 Å². The quantitative estimate of drug-likeness (QED) is 0.592. The lowest BCUT2D eigenvalue weighted by molar-refractivity contribution is -0.384. The molecule has 1 aromatic carbocycles. The summed E-state index contributed by atoms with van der Waals surface area (Å²) < 4.78 is 5.03. The van der Waals surface area contributed by atoms with Crippen LogP contribution in [-0.4, -0.2) is 23.4 Å². The zero-order chi connectivity index (χ0) is 11.5. The van der Waals surface area contributed by atoms with Gasteiger partial charge in [0.1, 0.15) is 6.07 Å². The first-order chi connectivity index (χ1) is 7.70. The van der Waals surface area contributed by atoms with Crippen molar-refractivity contribution in [1.29, 1.82) is 5.26 Å². The van der Waals surface area contributed by atoms with Gasteiger partial charge in [-0.05, 0) is 6.07 Å². The monoisotopic (exact) mass is 236 g/mol. The first-order valence-corrected chi connectivity index (χ1v) is 5.51. The molecular formula is C10H8N2O3S. The van der Waals surface area contributed by atoms with Crippen LogP contribution in [0.1, 0.15) is 5.56 Å². The maximum absolute atomic E-state index is 10.5. The van der Waals surface area contributed by atoms with Gasteiger partial charge in [-0.3, -0.25) is 10.1 Å². The van der Waals surface area contributed by atoms with Crippen molar-refractivity contribution in [2.24, 2.45) is 0 Å². The Hall–Kier alpha value is -1.58. The normalized spacial score (nSPS) is 15.2. The molecule has 0 aliphatic carbocycles. The van der Waals surface area contributed by atoms with Gasteiger partial charge in [-0.15, -0.1) is 11.8 Å². The number of ether oxygens (including phenoxy) is 1. The molecule has 1 heterocycles. The Morgan fingerprint density at radius 2 is 2.31 bits per heavy atom.